The van der Waals surface area contributed by atoms with Gasteiger partial charge in [0.2, 0.25) is 5.91 Å². The van der Waals surface area contributed by atoms with Crippen molar-refractivity contribution >= 4 is 21.8 Å². The van der Waals surface area contributed by atoms with Crippen molar-refractivity contribution in [2.75, 3.05) is 31.5 Å². The molecule has 144 valence electrons. The molecule has 2 unspecified atom stereocenters. The van der Waals surface area contributed by atoms with E-state index in [-0.39, 0.29) is 11.8 Å². The summed E-state index contributed by atoms with van der Waals surface area (Å²) in [7, 11) is -3.42. The van der Waals surface area contributed by atoms with Gasteiger partial charge < -0.3 is 5.32 Å². The van der Waals surface area contributed by atoms with Crippen molar-refractivity contribution in [1.29, 1.82) is 0 Å². The van der Waals surface area contributed by atoms with Crippen LogP contribution in [0.1, 0.15) is 33.1 Å². The van der Waals surface area contributed by atoms with Crippen molar-refractivity contribution in [1.82, 2.24) is 8.61 Å². The standard InChI is InChI=1S/C19H29N3O3S/c1-15-12-16(2)14-22(13-15)26(24,25)21-10-8-17(9-11-21)19(23)20-18-6-4-3-5-7-18/h3-7,15-17H,8-14H2,1-2H3,(H,20,23). The fourth-order valence-electron chi connectivity index (χ4n) is 4.07. The van der Waals surface area contributed by atoms with Gasteiger partial charge in [0.1, 0.15) is 0 Å². The Balaban J connectivity index is 1.56. The lowest BCUT2D eigenvalue weighted by atomic mass is 9.94. The molecule has 0 aromatic heterocycles. The van der Waals surface area contributed by atoms with Crippen LogP contribution >= 0.6 is 0 Å². The number of carbonyl (C=O) groups is 1. The predicted octanol–water partition coefficient (Wildman–Crippen LogP) is 2.56. The number of hydrogen-bond donors (Lipinski definition) is 1. The summed E-state index contributed by atoms with van der Waals surface area (Å²) in [5.74, 6) is 0.625. The van der Waals surface area contributed by atoms with Crippen molar-refractivity contribution in [2.24, 2.45) is 17.8 Å². The summed E-state index contributed by atoms with van der Waals surface area (Å²) >= 11 is 0. The van der Waals surface area contributed by atoms with Crippen LogP contribution in [0.25, 0.3) is 0 Å². The molecule has 3 rings (SSSR count). The van der Waals surface area contributed by atoms with Gasteiger partial charge in [-0.25, -0.2) is 0 Å². The molecule has 2 aliphatic rings. The third kappa shape index (κ3) is 4.45. The van der Waals surface area contributed by atoms with Crippen molar-refractivity contribution in [3.63, 3.8) is 0 Å². The van der Waals surface area contributed by atoms with Gasteiger partial charge in [-0.1, -0.05) is 32.0 Å². The molecule has 6 nitrogen and oxygen atoms in total. The van der Waals surface area contributed by atoms with Crippen molar-refractivity contribution in [3.05, 3.63) is 30.3 Å². The summed E-state index contributed by atoms with van der Waals surface area (Å²) < 4.78 is 29.1. The number of anilines is 1. The van der Waals surface area contributed by atoms with Gasteiger partial charge in [-0.2, -0.15) is 17.0 Å². The Labute approximate surface area is 156 Å². The number of carbonyl (C=O) groups excluding carboxylic acids is 1. The third-order valence-corrected chi connectivity index (χ3v) is 7.32. The minimum atomic E-state index is -3.42. The molecule has 2 fully saturated rings. The molecule has 1 amide bonds. The van der Waals surface area contributed by atoms with E-state index in [1.54, 1.807) is 8.61 Å². The van der Waals surface area contributed by atoms with E-state index in [0.717, 1.165) is 12.1 Å². The first-order chi connectivity index (χ1) is 12.4. The van der Waals surface area contributed by atoms with Crippen LogP contribution in [0.3, 0.4) is 0 Å². The normalized spacial score (nSPS) is 26.5. The largest absolute Gasteiger partial charge is 0.326 e. The maximum Gasteiger partial charge on any atom is 0.281 e. The van der Waals surface area contributed by atoms with Crippen LogP contribution < -0.4 is 5.32 Å². The van der Waals surface area contributed by atoms with Crippen LogP contribution in [0.5, 0.6) is 0 Å². The van der Waals surface area contributed by atoms with E-state index in [4.69, 9.17) is 0 Å². The van der Waals surface area contributed by atoms with E-state index in [1.165, 1.54) is 0 Å². The number of amides is 1. The van der Waals surface area contributed by atoms with E-state index in [2.05, 4.69) is 19.2 Å². The predicted molar refractivity (Wildman–Crippen MR) is 103 cm³/mol. The Morgan fingerprint density at radius 1 is 1.00 bits per heavy atom. The van der Waals surface area contributed by atoms with Crippen LogP contribution in [-0.2, 0) is 15.0 Å². The molecule has 1 aromatic rings. The number of hydrogen-bond acceptors (Lipinski definition) is 3. The molecule has 0 saturated carbocycles. The highest BCUT2D eigenvalue weighted by Gasteiger charge is 2.37. The summed E-state index contributed by atoms with van der Waals surface area (Å²) in [6, 6.07) is 9.38. The summed E-state index contributed by atoms with van der Waals surface area (Å²) in [6.07, 6.45) is 2.21. The SMILES string of the molecule is CC1CC(C)CN(S(=O)(=O)N2CCC(C(=O)Nc3ccccc3)CC2)C1. The van der Waals surface area contributed by atoms with Crippen LogP contribution in [-0.4, -0.2) is 49.1 Å². The Morgan fingerprint density at radius 2 is 1.58 bits per heavy atom. The topological polar surface area (TPSA) is 69.7 Å². The Bertz CT molecular complexity index is 705. The Kier molecular flexibility index (Phi) is 5.99. The van der Waals surface area contributed by atoms with Crippen molar-refractivity contribution in [3.8, 4) is 0 Å². The first kappa shape index (κ1) is 19.3. The van der Waals surface area contributed by atoms with Crippen LogP contribution in [0, 0.1) is 17.8 Å². The zero-order valence-corrected chi connectivity index (χ0v) is 16.4. The lowest BCUT2D eigenvalue weighted by Gasteiger charge is -2.39. The average Bonchev–Trinajstić information content (AvgIpc) is 2.62. The van der Waals surface area contributed by atoms with Crippen LogP contribution in [0.2, 0.25) is 0 Å². The summed E-state index contributed by atoms with van der Waals surface area (Å²) in [5, 5.41) is 2.92. The van der Waals surface area contributed by atoms with Crippen LogP contribution in [0.4, 0.5) is 5.69 Å². The fraction of sp³-hybridized carbons (Fsp3) is 0.632. The average molecular weight is 380 g/mol. The second kappa shape index (κ2) is 8.06. The number of rotatable bonds is 4. The van der Waals surface area contributed by atoms with Crippen LogP contribution in [0.15, 0.2) is 30.3 Å². The first-order valence-corrected chi connectivity index (χ1v) is 10.9. The maximum atomic E-state index is 13.0. The molecule has 26 heavy (non-hydrogen) atoms. The maximum absolute atomic E-state index is 13.0. The van der Waals surface area contributed by atoms with Gasteiger partial charge in [-0.3, -0.25) is 4.79 Å². The third-order valence-electron chi connectivity index (χ3n) is 5.35. The van der Waals surface area contributed by atoms with E-state index in [1.807, 2.05) is 30.3 Å². The first-order valence-electron chi connectivity index (χ1n) is 9.47. The zero-order chi connectivity index (χ0) is 18.7. The number of nitrogens with zero attached hydrogens (tertiary/aromatic N) is 2. The van der Waals surface area contributed by atoms with E-state index < -0.39 is 10.2 Å². The minimum Gasteiger partial charge on any atom is -0.326 e. The monoisotopic (exact) mass is 379 g/mol. The molecular formula is C19H29N3O3S. The number of para-hydroxylation sites is 1. The van der Waals surface area contributed by atoms with Crippen molar-refractivity contribution < 1.29 is 13.2 Å². The quantitative estimate of drug-likeness (QED) is 0.874. The molecule has 2 saturated heterocycles. The summed E-state index contributed by atoms with van der Waals surface area (Å²) in [6.45, 7) is 6.24. The molecule has 2 heterocycles. The van der Waals surface area contributed by atoms with Gasteiger partial charge in [0.05, 0.1) is 0 Å². The second-order valence-corrected chi connectivity index (χ2v) is 9.73. The zero-order valence-electron chi connectivity index (χ0n) is 15.6. The molecule has 0 bridgehead atoms. The number of benzene rings is 1. The minimum absolute atomic E-state index is 0.0199. The van der Waals surface area contributed by atoms with Gasteiger partial charge in [0.15, 0.2) is 0 Å². The summed E-state index contributed by atoms with van der Waals surface area (Å²) in [5.41, 5.74) is 0.781. The fourth-order valence-corrected chi connectivity index (χ4v) is 5.96. The smallest absolute Gasteiger partial charge is 0.281 e. The van der Waals surface area contributed by atoms with Gasteiger partial charge in [-0.05, 0) is 43.2 Å². The molecule has 7 heteroatoms. The Morgan fingerprint density at radius 3 is 2.15 bits per heavy atom. The number of piperidine rings is 2. The summed E-state index contributed by atoms with van der Waals surface area (Å²) in [4.78, 5) is 12.4. The van der Waals surface area contributed by atoms with E-state index >= 15 is 0 Å². The molecule has 2 aliphatic heterocycles. The molecule has 2 atom stereocenters. The van der Waals surface area contributed by atoms with E-state index in [0.29, 0.717) is 50.9 Å². The molecule has 1 aromatic carbocycles. The highest BCUT2D eigenvalue weighted by Crippen LogP contribution is 2.27. The molecular weight excluding hydrogens is 350 g/mol. The van der Waals surface area contributed by atoms with Gasteiger partial charge in [0.25, 0.3) is 10.2 Å². The van der Waals surface area contributed by atoms with Gasteiger partial charge in [-0.15, -0.1) is 0 Å². The number of nitrogens with one attached hydrogen (secondary N) is 1. The van der Waals surface area contributed by atoms with E-state index in [9.17, 15) is 13.2 Å². The van der Waals surface area contributed by atoms with Gasteiger partial charge in [0, 0.05) is 37.8 Å². The molecule has 0 spiro atoms. The second-order valence-electron chi connectivity index (χ2n) is 7.80. The highest BCUT2D eigenvalue weighted by atomic mass is 32.2. The lowest BCUT2D eigenvalue weighted by Crippen LogP contribution is -2.52. The Hall–Kier alpha value is -1.44. The lowest BCUT2D eigenvalue weighted by molar-refractivity contribution is -0.120. The molecule has 0 radical (unpaired) electrons. The van der Waals surface area contributed by atoms with Crippen molar-refractivity contribution in [2.45, 2.75) is 33.1 Å². The molecule has 1 N–H and O–H groups in total. The highest BCUT2D eigenvalue weighted by molar-refractivity contribution is 7.86. The van der Waals surface area contributed by atoms with Gasteiger partial charge >= 0.3 is 0 Å². The molecule has 0 aliphatic carbocycles.